The van der Waals surface area contributed by atoms with Gasteiger partial charge in [0.05, 0.1) is 5.02 Å². The minimum atomic E-state index is -0.752. The molecule has 1 atom stereocenters. The molecule has 0 radical (unpaired) electrons. The van der Waals surface area contributed by atoms with Crippen molar-refractivity contribution in [1.82, 2.24) is 0 Å². The highest BCUT2D eigenvalue weighted by atomic mass is 35.5. The Hall–Kier alpha value is -2.07. The van der Waals surface area contributed by atoms with E-state index in [1.807, 2.05) is 18.2 Å². The molecule has 0 aliphatic rings. The highest BCUT2D eigenvalue weighted by Gasteiger charge is 2.16. The predicted molar refractivity (Wildman–Crippen MR) is 76.6 cm³/mol. The summed E-state index contributed by atoms with van der Waals surface area (Å²) in [6.45, 7) is 1.60. The molecule has 2 aromatic carbocycles. The summed E-state index contributed by atoms with van der Waals surface area (Å²) in [5.41, 5.74) is 0.679. The molecule has 104 valence electrons. The van der Waals surface area contributed by atoms with Gasteiger partial charge in [0.15, 0.2) is 6.10 Å². The third-order valence-corrected chi connectivity index (χ3v) is 2.90. The standard InChI is InChI=1S/C15H13ClFNO2/c1-10(15(19)18-12-5-3-2-4-6-12)20-14-8-7-11(17)9-13(14)16/h2-10H,1H3,(H,18,19). The van der Waals surface area contributed by atoms with Crippen LogP contribution in [0.3, 0.4) is 0 Å². The first-order valence-corrected chi connectivity index (χ1v) is 6.41. The summed E-state index contributed by atoms with van der Waals surface area (Å²) >= 11 is 5.84. The van der Waals surface area contributed by atoms with E-state index < -0.39 is 11.9 Å². The average Bonchev–Trinajstić information content (AvgIpc) is 2.43. The molecule has 0 heterocycles. The van der Waals surface area contributed by atoms with Crippen LogP contribution in [-0.4, -0.2) is 12.0 Å². The number of hydrogen-bond acceptors (Lipinski definition) is 2. The van der Waals surface area contributed by atoms with Crippen LogP contribution < -0.4 is 10.1 Å². The highest BCUT2D eigenvalue weighted by Crippen LogP contribution is 2.26. The molecule has 0 aliphatic carbocycles. The smallest absolute Gasteiger partial charge is 0.265 e. The van der Waals surface area contributed by atoms with E-state index in [0.717, 1.165) is 6.07 Å². The molecule has 20 heavy (non-hydrogen) atoms. The van der Waals surface area contributed by atoms with Gasteiger partial charge in [-0.1, -0.05) is 29.8 Å². The van der Waals surface area contributed by atoms with Gasteiger partial charge in [0.1, 0.15) is 11.6 Å². The Bertz CT molecular complexity index is 604. The number of rotatable bonds is 4. The van der Waals surface area contributed by atoms with Crippen molar-refractivity contribution in [1.29, 1.82) is 0 Å². The summed E-state index contributed by atoms with van der Waals surface area (Å²) < 4.78 is 18.3. The fourth-order valence-corrected chi connectivity index (χ4v) is 1.79. The van der Waals surface area contributed by atoms with Gasteiger partial charge >= 0.3 is 0 Å². The van der Waals surface area contributed by atoms with Gasteiger partial charge in [-0.3, -0.25) is 4.79 Å². The summed E-state index contributed by atoms with van der Waals surface area (Å²) in [4.78, 5) is 11.9. The van der Waals surface area contributed by atoms with Crippen LogP contribution in [0.4, 0.5) is 10.1 Å². The maximum atomic E-state index is 12.9. The van der Waals surface area contributed by atoms with E-state index >= 15 is 0 Å². The Morgan fingerprint density at radius 3 is 2.60 bits per heavy atom. The third-order valence-electron chi connectivity index (χ3n) is 2.61. The molecular weight excluding hydrogens is 281 g/mol. The second kappa shape index (κ2) is 6.39. The molecule has 2 rings (SSSR count). The van der Waals surface area contributed by atoms with Crippen LogP contribution in [0.5, 0.6) is 5.75 Å². The number of carbonyl (C=O) groups excluding carboxylic acids is 1. The molecule has 0 bridgehead atoms. The largest absolute Gasteiger partial charge is 0.479 e. The van der Waals surface area contributed by atoms with Crippen LogP contribution in [0.25, 0.3) is 0 Å². The van der Waals surface area contributed by atoms with Crippen molar-refractivity contribution >= 4 is 23.2 Å². The minimum Gasteiger partial charge on any atom is -0.479 e. The molecule has 0 aliphatic heterocycles. The maximum absolute atomic E-state index is 12.9. The summed E-state index contributed by atoms with van der Waals surface area (Å²) in [6.07, 6.45) is -0.752. The monoisotopic (exact) mass is 293 g/mol. The lowest BCUT2D eigenvalue weighted by Crippen LogP contribution is -2.30. The summed E-state index contributed by atoms with van der Waals surface area (Å²) in [6, 6.07) is 12.8. The number of para-hydroxylation sites is 1. The Balaban J connectivity index is 2.00. The van der Waals surface area contributed by atoms with Crippen LogP contribution in [0, 0.1) is 5.82 Å². The molecule has 0 saturated heterocycles. The summed E-state index contributed by atoms with van der Waals surface area (Å²) in [7, 11) is 0. The lowest BCUT2D eigenvalue weighted by molar-refractivity contribution is -0.122. The Morgan fingerprint density at radius 2 is 1.95 bits per heavy atom. The molecule has 1 N–H and O–H groups in total. The molecular formula is C15H13ClFNO2. The van der Waals surface area contributed by atoms with Crippen LogP contribution in [-0.2, 0) is 4.79 Å². The first-order valence-electron chi connectivity index (χ1n) is 6.04. The Labute approximate surface area is 121 Å². The number of amides is 1. The topological polar surface area (TPSA) is 38.3 Å². The summed E-state index contributed by atoms with van der Waals surface area (Å²) in [5, 5.41) is 2.84. The molecule has 0 fully saturated rings. The van der Waals surface area contributed by atoms with Crippen LogP contribution >= 0.6 is 11.6 Å². The van der Waals surface area contributed by atoms with Gasteiger partial charge in [-0.2, -0.15) is 0 Å². The number of nitrogens with one attached hydrogen (secondary N) is 1. The van der Waals surface area contributed by atoms with Gasteiger partial charge in [0, 0.05) is 5.69 Å². The van der Waals surface area contributed by atoms with E-state index in [1.54, 1.807) is 19.1 Å². The lowest BCUT2D eigenvalue weighted by Gasteiger charge is -2.15. The molecule has 1 unspecified atom stereocenters. The average molecular weight is 294 g/mol. The van der Waals surface area contributed by atoms with Crippen LogP contribution in [0.15, 0.2) is 48.5 Å². The third kappa shape index (κ3) is 3.71. The number of carbonyl (C=O) groups is 1. The SMILES string of the molecule is CC(Oc1ccc(F)cc1Cl)C(=O)Nc1ccccc1. The quantitative estimate of drug-likeness (QED) is 0.929. The van der Waals surface area contributed by atoms with Gasteiger partial charge < -0.3 is 10.1 Å². The van der Waals surface area contributed by atoms with Crippen molar-refractivity contribution in [3.63, 3.8) is 0 Å². The Morgan fingerprint density at radius 1 is 1.25 bits per heavy atom. The maximum Gasteiger partial charge on any atom is 0.265 e. The molecule has 5 heteroatoms. The van der Waals surface area contributed by atoms with Crippen molar-refractivity contribution in [2.24, 2.45) is 0 Å². The van der Waals surface area contributed by atoms with E-state index in [9.17, 15) is 9.18 Å². The zero-order valence-corrected chi connectivity index (χ0v) is 11.5. The van der Waals surface area contributed by atoms with Gasteiger partial charge in [0.2, 0.25) is 0 Å². The second-order valence-corrected chi connectivity index (χ2v) is 4.60. The molecule has 0 saturated carbocycles. The summed E-state index contributed by atoms with van der Waals surface area (Å²) in [5.74, 6) is -0.496. The van der Waals surface area contributed by atoms with E-state index in [1.165, 1.54) is 12.1 Å². The second-order valence-electron chi connectivity index (χ2n) is 4.19. The molecule has 2 aromatic rings. The van der Waals surface area contributed by atoms with Crippen molar-refractivity contribution in [2.45, 2.75) is 13.0 Å². The predicted octanol–water partition coefficient (Wildman–Crippen LogP) is 3.89. The van der Waals surface area contributed by atoms with E-state index in [4.69, 9.17) is 16.3 Å². The number of benzene rings is 2. The number of hydrogen-bond donors (Lipinski definition) is 1. The molecule has 1 amide bonds. The first-order chi connectivity index (χ1) is 9.56. The van der Waals surface area contributed by atoms with E-state index in [-0.39, 0.29) is 16.7 Å². The van der Waals surface area contributed by atoms with Crippen molar-refractivity contribution < 1.29 is 13.9 Å². The highest BCUT2D eigenvalue weighted by molar-refractivity contribution is 6.32. The van der Waals surface area contributed by atoms with Gasteiger partial charge in [0.25, 0.3) is 5.91 Å². The number of ether oxygens (including phenoxy) is 1. The lowest BCUT2D eigenvalue weighted by atomic mass is 10.3. The van der Waals surface area contributed by atoms with Crippen LogP contribution in [0.1, 0.15) is 6.92 Å². The number of halogens is 2. The van der Waals surface area contributed by atoms with E-state index in [0.29, 0.717) is 5.69 Å². The van der Waals surface area contributed by atoms with Crippen molar-refractivity contribution in [3.05, 3.63) is 59.4 Å². The molecule has 3 nitrogen and oxygen atoms in total. The van der Waals surface area contributed by atoms with Gasteiger partial charge in [-0.25, -0.2) is 4.39 Å². The van der Waals surface area contributed by atoms with Gasteiger partial charge in [-0.15, -0.1) is 0 Å². The van der Waals surface area contributed by atoms with Crippen molar-refractivity contribution in [3.8, 4) is 5.75 Å². The zero-order chi connectivity index (χ0) is 14.5. The van der Waals surface area contributed by atoms with Crippen LogP contribution in [0.2, 0.25) is 5.02 Å². The van der Waals surface area contributed by atoms with Crippen molar-refractivity contribution in [2.75, 3.05) is 5.32 Å². The normalized spacial score (nSPS) is 11.8. The molecule has 0 aromatic heterocycles. The Kier molecular flexibility index (Phi) is 4.58. The first kappa shape index (κ1) is 14.3. The zero-order valence-electron chi connectivity index (χ0n) is 10.8. The number of anilines is 1. The minimum absolute atomic E-state index is 0.129. The van der Waals surface area contributed by atoms with Gasteiger partial charge in [-0.05, 0) is 37.3 Å². The fourth-order valence-electron chi connectivity index (χ4n) is 1.58. The van der Waals surface area contributed by atoms with E-state index in [2.05, 4.69) is 5.32 Å². The fraction of sp³-hybridized carbons (Fsp3) is 0.133. The molecule has 0 spiro atoms.